The summed E-state index contributed by atoms with van der Waals surface area (Å²) in [6.45, 7) is 18.4. The van der Waals surface area contributed by atoms with Crippen LogP contribution >= 0.6 is 0 Å². The van der Waals surface area contributed by atoms with Crippen molar-refractivity contribution >= 4 is 18.0 Å². The fourth-order valence-electron chi connectivity index (χ4n) is 3.55. The molecule has 0 aliphatic heterocycles. The highest BCUT2D eigenvalue weighted by atomic mass is 16.6. The third kappa shape index (κ3) is 7.94. The lowest BCUT2D eigenvalue weighted by Crippen LogP contribution is -2.48. The Labute approximate surface area is 194 Å². The van der Waals surface area contributed by atoms with Gasteiger partial charge in [0.1, 0.15) is 6.10 Å². The summed E-state index contributed by atoms with van der Waals surface area (Å²) in [5.41, 5.74) is -0.0128. The van der Waals surface area contributed by atoms with Gasteiger partial charge in [0.05, 0.1) is 0 Å². The number of aliphatic hydroxyl groups excluding tert-OH is 1. The van der Waals surface area contributed by atoms with Gasteiger partial charge in [0, 0.05) is 17.7 Å². The molecule has 0 aliphatic rings. The van der Waals surface area contributed by atoms with Crippen molar-refractivity contribution in [2.45, 2.75) is 93.0 Å². The Bertz CT molecular complexity index is 834. The smallest absolute Gasteiger partial charge is 0.411 e. The molecule has 1 amide bonds. The largest absolute Gasteiger partial charge is 0.435 e. The van der Waals surface area contributed by atoms with Crippen molar-refractivity contribution in [1.29, 1.82) is 0 Å². The molecule has 0 heterocycles. The molecule has 1 aromatic rings. The Morgan fingerprint density at radius 2 is 1.47 bits per heavy atom. The molecule has 1 rings (SSSR count). The van der Waals surface area contributed by atoms with Crippen LogP contribution in [0, 0.1) is 5.41 Å². The summed E-state index contributed by atoms with van der Waals surface area (Å²) in [5, 5.41) is 11.1. The molecule has 0 bridgehead atoms. The maximum absolute atomic E-state index is 13.6. The second kappa shape index (κ2) is 11.0. The van der Waals surface area contributed by atoms with Crippen molar-refractivity contribution in [1.82, 2.24) is 4.90 Å². The number of carbonyl (C=O) groups excluding carboxylic acids is 2. The predicted octanol–water partition coefficient (Wildman–Crippen LogP) is 6.03. The monoisotopic (exact) mass is 443 g/mol. The van der Waals surface area contributed by atoms with E-state index in [1.165, 1.54) is 0 Å². The van der Waals surface area contributed by atoms with Crippen molar-refractivity contribution in [2.75, 3.05) is 0 Å². The highest BCUT2D eigenvalue weighted by Crippen LogP contribution is 2.28. The van der Waals surface area contributed by atoms with Gasteiger partial charge in [-0.05, 0) is 65.0 Å². The van der Waals surface area contributed by atoms with E-state index in [2.05, 4.69) is 0 Å². The van der Waals surface area contributed by atoms with E-state index in [4.69, 9.17) is 4.74 Å². The van der Waals surface area contributed by atoms with Crippen LogP contribution in [-0.4, -0.2) is 45.7 Å². The Morgan fingerprint density at radius 1 is 0.969 bits per heavy atom. The molecule has 1 N–H and O–H groups in total. The summed E-state index contributed by atoms with van der Waals surface area (Å²) in [7, 11) is 0. The van der Waals surface area contributed by atoms with E-state index in [0.717, 1.165) is 5.56 Å². The first kappa shape index (κ1) is 27.6. The number of Topliss-reactive ketones (excluding diaryl/α,β-unsaturated/α-hetero) is 1. The predicted molar refractivity (Wildman–Crippen MR) is 131 cm³/mol. The number of nitrogens with zero attached hydrogens (tertiary/aromatic N) is 1. The van der Waals surface area contributed by atoms with E-state index in [9.17, 15) is 14.7 Å². The summed E-state index contributed by atoms with van der Waals surface area (Å²) >= 11 is 0. The number of allylic oxidation sites excluding steroid dienone is 1. The highest BCUT2D eigenvalue weighted by molar-refractivity contribution is 6.03. The van der Waals surface area contributed by atoms with Crippen LogP contribution in [0.25, 0.3) is 6.08 Å². The first-order valence-electron chi connectivity index (χ1n) is 11.3. The number of hydrogen-bond donors (Lipinski definition) is 1. The zero-order chi connectivity index (χ0) is 24.9. The minimum absolute atomic E-state index is 0.0698. The quantitative estimate of drug-likeness (QED) is 0.498. The molecular weight excluding hydrogens is 402 g/mol. The van der Waals surface area contributed by atoms with Crippen LogP contribution in [0.2, 0.25) is 0 Å². The van der Waals surface area contributed by atoms with E-state index in [0.29, 0.717) is 5.57 Å². The lowest BCUT2D eigenvalue weighted by atomic mass is 9.84. The molecule has 0 aromatic heterocycles. The summed E-state index contributed by atoms with van der Waals surface area (Å²) < 4.78 is 5.69. The molecule has 32 heavy (non-hydrogen) atoms. The number of carbonyl (C=O) groups is 2. The van der Waals surface area contributed by atoms with Gasteiger partial charge in [-0.1, -0.05) is 63.3 Å². The van der Waals surface area contributed by atoms with Gasteiger partial charge in [-0.3, -0.25) is 4.79 Å². The third-order valence-electron chi connectivity index (χ3n) is 4.98. The first-order valence-corrected chi connectivity index (χ1v) is 11.3. The number of rotatable bonds is 8. The maximum Gasteiger partial charge on any atom is 0.411 e. The van der Waals surface area contributed by atoms with E-state index < -0.39 is 23.6 Å². The van der Waals surface area contributed by atoms with E-state index in [1.807, 2.05) is 84.9 Å². The summed E-state index contributed by atoms with van der Waals surface area (Å²) in [6, 6.07) is 9.48. The minimum Gasteiger partial charge on any atom is -0.435 e. The average Bonchev–Trinajstić information content (AvgIpc) is 2.63. The average molecular weight is 444 g/mol. The highest BCUT2D eigenvalue weighted by Gasteiger charge is 2.39. The van der Waals surface area contributed by atoms with Gasteiger partial charge in [-0.25, -0.2) is 4.79 Å². The molecule has 0 saturated heterocycles. The molecule has 5 heteroatoms. The number of aliphatic hydroxyl groups is 1. The lowest BCUT2D eigenvalue weighted by molar-refractivity contribution is -0.132. The number of ketones is 1. The fourth-order valence-corrected chi connectivity index (χ4v) is 3.55. The van der Waals surface area contributed by atoms with E-state index in [-0.39, 0.29) is 23.1 Å². The lowest BCUT2D eigenvalue weighted by Gasteiger charge is -2.34. The summed E-state index contributed by atoms with van der Waals surface area (Å²) in [6.07, 6.45) is 1.95. The van der Waals surface area contributed by atoms with Gasteiger partial charge < -0.3 is 14.7 Å². The Morgan fingerprint density at radius 3 is 1.91 bits per heavy atom. The van der Waals surface area contributed by atoms with Crippen molar-refractivity contribution in [2.24, 2.45) is 5.41 Å². The van der Waals surface area contributed by atoms with Gasteiger partial charge >= 0.3 is 6.09 Å². The fraction of sp³-hybridized carbons (Fsp3) is 0.556. The summed E-state index contributed by atoms with van der Waals surface area (Å²) in [5.74, 6) is -0.415. The standard InChI is InChI=1S/C27H41NO4/c1-18(2)28(19(3)4)25(31)32-27(9,10)24(30)22(17-26(6,7)8)23(29)20(5)16-21-14-12-11-13-15-21/h11-19,23,29H,1-10H3/b20-16+,22-17+. The van der Waals surface area contributed by atoms with Crippen LogP contribution in [0.3, 0.4) is 0 Å². The molecule has 0 spiro atoms. The van der Waals surface area contributed by atoms with E-state index in [1.54, 1.807) is 31.7 Å². The molecule has 1 unspecified atom stereocenters. The van der Waals surface area contributed by atoms with E-state index >= 15 is 0 Å². The van der Waals surface area contributed by atoms with Crippen LogP contribution in [0.4, 0.5) is 4.79 Å². The summed E-state index contributed by atoms with van der Waals surface area (Å²) in [4.78, 5) is 28.0. The second-order valence-corrected chi connectivity index (χ2v) is 10.5. The molecule has 0 saturated carbocycles. The SMILES string of the molecule is C/C(=C\c1ccccc1)C(O)/C(=C\C(C)(C)C)C(=O)C(C)(C)OC(=O)N(C(C)C)C(C)C. The van der Waals surface area contributed by atoms with Crippen LogP contribution in [-0.2, 0) is 9.53 Å². The zero-order valence-corrected chi connectivity index (χ0v) is 21.4. The minimum atomic E-state index is -1.44. The Kier molecular flexibility index (Phi) is 9.46. The molecule has 178 valence electrons. The normalized spacial score (nSPS) is 14.5. The van der Waals surface area contributed by atoms with Crippen molar-refractivity contribution in [3.63, 3.8) is 0 Å². The number of hydrogen-bond acceptors (Lipinski definition) is 4. The Hall–Kier alpha value is -2.40. The zero-order valence-electron chi connectivity index (χ0n) is 21.4. The topological polar surface area (TPSA) is 66.8 Å². The molecular formula is C27H41NO4. The molecule has 0 aliphatic carbocycles. The number of amides is 1. The van der Waals surface area contributed by atoms with Gasteiger partial charge in [0.2, 0.25) is 5.78 Å². The molecule has 0 radical (unpaired) electrons. The van der Waals surface area contributed by atoms with Crippen molar-refractivity contribution in [3.05, 3.63) is 53.1 Å². The van der Waals surface area contributed by atoms with Crippen molar-refractivity contribution < 1.29 is 19.4 Å². The van der Waals surface area contributed by atoms with Crippen LogP contribution < -0.4 is 0 Å². The molecule has 0 fully saturated rings. The second-order valence-electron chi connectivity index (χ2n) is 10.5. The van der Waals surface area contributed by atoms with Gasteiger partial charge in [0.25, 0.3) is 0 Å². The van der Waals surface area contributed by atoms with Gasteiger partial charge in [-0.2, -0.15) is 0 Å². The van der Waals surface area contributed by atoms with Crippen molar-refractivity contribution in [3.8, 4) is 0 Å². The first-order chi connectivity index (χ1) is 14.6. The molecule has 1 aromatic carbocycles. The van der Waals surface area contributed by atoms with Crippen LogP contribution in [0.15, 0.2) is 47.6 Å². The molecule has 5 nitrogen and oxygen atoms in total. The molecule has 1 atom stereocenters. The van der Waals surface area contributed by atoms with Crippen LogP contribution in [0.5, 0.6) is 0 Å². The van der Waals surface area contributed by atoms with Gasteiger partial charge in [0.15, 0.2) is 5.60 Å². The Balaban J connectivity index is 3.31. The van der Waals surface area contributed by atoms with Gasteiger partial charge in [-0.15, -0.1) is 0 Å². The maximum atomic E-state index is 13.6. The third-order valence-corrected chi connectivity index (χ3v) is 4.98. The number of benzene rings is 1. The number of ether oxygens (including phenoxy) is 1. The van der Waals surface area contributed by atoms with Crippen LogP contribution in [0.1, 0.15) is 74.8 Å².